The molecule has 0 bridgehead atoms. The number of halogens is 2. The molecular weight excluding hydrogens is 380 g/mol. The number of fused-ring (bicyclic) bond motifs is 1. The molecule has 4 rings (SSSR count). The van der Waals surface area contributed by atoms with Crippen molar-refractivity contribution < 1.29 is 13.6 Å². The zero-order valence-corrected chi connectivity index (χ0v) is 15.5. The molecule has 2 aromatic heterocycles. The van der Waals surface area contributed by atoms with E-state index >= 15 is 0 Å². The van der Waals surface area contributed by atoms with Gasteiger partial charge in [-0.25, -0.2) is 13.5 Å². The first-order valence-electron chi connectivity index (χ1n) is 8.63. The largest absolute Gasteiger partial charge is 0.321 e. The van der Waals surface area contributed by atoms with Crippen LogP contribution in [0.25, 0.3) is 27.8 Å². The van der Waals surface area contributed by atoms with Crippen molar-refractivity contribution in [2.75, 3.05) is 11.9 Å². The lowest BCUT2D eigenvalue weighted by Crippen LogP contribution is -2.22. The van der Waals surface area contributed by atoms with Crippen molar-refractivity contribution in [3.8, 4) is 16.9 Å². The van der Waals surface area contributed by atoms with E-state index in [9.17, 15) is 18.4 Å². The van der Waals surface area contributed by atoms with Crippen molar-refractivity contribution >= 4 is 22.5 Å². The molecule has 4 aromatic rings. The van der Waals surface area contributed by atoms with Gasteiger partial charge in [-0.1, -0.05) is 5.21 Å². The van der Waals surface area contributed by atoms with Gasteiger partial charge in [-0.2, -0.15) is 0 Å². The van der Waals surface area contributed by atoms with E-state index in [-0.39, 0.29) is 22.7 Å². The summed E-state index contributed by atoms with van der Waals surface area (Å²) in [7, 11) is 1.67. The Hall–Kier alpha value is -3.88. The van der Waals surface area contributed by atoms with Gasteiger partial charge in [0.1, 0.15) is 5.69 Å². The Bertz CT molecular complexity index is 1290. The van der Waals surface area contributed by atoms with Gasteiger partial charge in [-0.05, 0) is 36.4 Å². The first-order valence-corrected chi connectivity index (χ1v) is 8.63. The van der Waals surface area contributed by atoms with Crippen LogP contribution >= 0.6 is 0 Å². The Balaban J connectivity index is 1.70. The summed E-state index contributed by atoms with van der Waals surface area (Å²) in [5, 5.41) is 8.38. The normalized spacial score (nSPS) is 11.0. The number of hydrogen-bond acceptors (Lipinski definition) is 4. The van der Waals surface area contributed by atoms with E-state index in [0.29, 0.717) is 11.1 Å². The highest BCUT2D eigenvalue weighted by atomic mass is 19.2. The summed E-state index contributed by atoms with van der Waals surface area (Å²) in [6.07, 6.45) is 1.56. The molecule has 1 N–H and O–H groups in total. The zero-order chi connectivity index (χ0) is 20.7. The van der Waals surface area contributed by atoms with Crippen LogP contribution in [0.3, 0.4) is 0 Å². The topological polar surface area (TPSA) is 83.9 Å². The molecule has 0 saturated heterocycles. The van der Waals surface area contributed by atoms with Crippen molar-refractivity contribution in [3.63, 3.8) is 0 Å². The van der Waals surface area contributed by atoms with Gasteiger partial charge in [-0.15, -0.1) is 5.10 Å². The molecule has 2 aromatic carbocycles. The molecule has 0 aliphatic rings. The Morgan fingerprint density at radius 3 is 2.48 bits per heavy atom. The number of amides is 1. The monoisotopic (exact) mass is 395 g/mol. The smallest absolute Gasteiger partial charge is 0.258 e. The lowest BCUT2D eigenvalue weighted by molar-refractivity contribution is -0.116. The number of aromatic amines is 1. The number of carbonyl (C=O) groups is 1. The summed E-state index contributed by atoms with van der Waals surface area (Å²) in [4.78, 5) is 27.9. The number of H-pyrrole nitrogens is 1. The third-order valence-corrected chi connectivity index (χ3v) is 4.63. The summed E-state index contributed by atoms with van der Waals surface area (Å²) >= 11 is 0. The molecule has 9 heteroatoms. The van der Waals surface area contributed by atoms with Crippen molar-refractivity contribution in [1.82, 2.24) is 20.0 Å². The Morgan fingerprint density at radius 1 is 1.10 bits per heavy atom. The van der Waals surface area contributed by atoms with Gasteiger partial charge in [0, 0.05) is 31.1 Å². The summed E-state index contributed by atoms with van der Waals surface area (Å²) < 4.78 is 28.4. The van der Waals surface area contributed by atoms with Crippen LogP contribution in [0.2, 0.25) is 0 Å². The van der Waals surface area contributed by atoms with E-state index in [1.807, 2.05) is 0 Å². The molecule has 1 amide bonds. The van der Waals surface area contributed by atoms with Crippen molar-refractivity contribution in [3.05, 3.63) is 70.6 Å². The summed E-state index contributed by atoms with van der Waals surface area (Å²) in [6, 6.07) is 10.4. The highest BCUT2D eigenvalue weighted by Crippen LogP contribution is 2.22. The van der Waals surface area contributed by atoms with Crippen molar-refractivity contribution in [2.45, 2.75) is 6.92 Å². The minimum atomic E-state index is -1.04. The number of hydrogen-bond donors (Lipinski definition) is 1. The number of aromatic nitrogens is 4. The summed E-state index contributed by atoms with van der Waals surface area (Å²) in [5.74, 6) is -2.13. The van der Waals surface area contributed by atoms with Crippen molar-refractivity contribution in [2.24, 2.45) is 0 Å². The molecule has 0 aliphatic heterocycles. The van der Waals surface area contributed by atoms with Crippen LogP contribution in [0.15, 0.2) is 53.5 Å². The maximum atomic E-state index is 13.5. The lowest BCUT2D eigenvalue weighted by atomic mass is 10.1. The van der Waals surface area contributed by atoms with Crippen LogP contribution in [-0.2, 0) is 4.79 Å². The predicted octanol–water partition coefficient (Wildman–Crippen LogP) is 3.04. The molecule has 0 atom stereocenters. The minimum Gasteiger partial charge on any atom is -0.321 e. The molecule has 0 unspecified atom stereocenters. The number of rotatable bonds is 3. The number of anilines is 1. The fraction of sp³-hybridized carbons (Fsp3) is 0.100. The molecule has 29 heavy (non-hydrogen) atoms. The Kier molecular flexibility index (Phi) is 4.42. The molecule has 0 aliphatic carbocycles. The third-order valence-electron chi connectivity index (χ3n) is 4.63. The van der Waals surface area contributed by atoms with E-state index in [1.165, 1.54) is 22.6 Å². The third kappa shape index (κ3) is 3.38. The first-order chi connectivity index (χ1) is 13.8. The number of nitrogens with zero attached hydrogens (tertiary/aromatic N) is 4. The van der Waals surface area contributed by atoms with E-state index in [1.54, 1.807) is 37.5 Å². The SMILES string of the molecule is CC(=O)N(C)c1ccc(-n2cc(-c3cc4cc(F)c(F)cc4[nH]c3=O)nn2)cc1. The number of benzene rings is 2. The van der Waals surface area contributed by atoms with Crippen LogP contribution in [0.1, 0.15) is 6.92 Å². The molecule has 2 heterocycles. The average molecular weight is 395 g/mol. The molecular formula is C20H15F2N5O2. The second-order valence-corrected chi connectivity index (χ2v) is 6.51. The van der Waals surface area contributed by atoms with E-state index in [2.05, 4.69) is 15.3 Å². The highest BCUT2D eigenvalue weighted by molar-refractivity contribution is 5.90. The minimum absolute atomic E-state index is 0.0901. The molecule has 146 valence electrons. The number of carbonyl (C=O) groups excluding carboxylic acids is 1. The standard InChI is InChI=1S/C20H15F2N5O2/c1-11(28)26(2)13-3-5-14(6-4-13)27-10-19(24-25-27)15-7-12-8-16(21)17(22)9-18(12)23-20(15)29/h3-10H,1-2H3,(H,23,29). The van der Waals surface area contributed by atoms with E-state index in [0.717, 1.165) is 17.8 Å². The maximum Gasteiger partial charge on any atom is 0.258 e. The zero-order valence-electron chi connectivity index (χ0n) is 15.5. The van der Waals surface area contributed by atoms with Gasteiger partial charge in [0.2, 0.25) is 5.91 Å². The van der Waals surface area contributed by atoms with Crippen LogP contribution in [0, 0.1) is 11.6 Å². The summed E-state index contributed by atoms with van der Waals surface area (Å²) in [6.45, 7) is 1.47. The molecule has 0 spiro atoms. The second-order valence-electron chi connectivity index (χ2n) is 6.51. The van der Waals surface area contributed by atoms with Gasteiger partial charge >= 0.3 is 0 Å². The second kappa shape index (κ2) is 6.93. The van der Waals surface area contributed by atoms with Gasteiger partial charge in [-0.3, -0.25) is 9.59 Å². The van der Waals surface area contributed by atoms with Gasteiger partial charge in [0.15, 0.2) is 11.6 Å². The average Bonchev–Trinajstić information content (AvgIpc) is 3.18. The van der Waals surface area contributed by atoms with Gasteiger partial charge < -0.3 is 9.88 Å². The summed E-state index contributed by atoms with van der Waals surface area (Å²) in [5.41, 5.74) is 1.56. The first kappa shape index (κ1) is 18.5. The van der Waals surface area contributed by atoms with E-state index in [4.69, 9.17) is 0 Å². The fourth-order valence-corrected chi connectivity index (χ4v) is 2.92. The maximum absolute atomic E-state index is 13.5. The molecule has 0 fully saturated rings. The van der Waals surface area contributed by atoms with Crippen molar-refractivity contribution in [1.29, 1.82) is 0 Å². The number of pyridine rings is 1. The molecule has 0 radical (unpaired) electrons. The van der Waals surface area contributed by atoms with Crippen LogP contribution in [0.4, 0.5) is 14.5 Å². The quantitative estimate of drug-likeness (QED) is 0.578. The fourth-order valence-electron chi connectivity index (χ4n) is 2.92. The van der Waals surface area contributed by atoms with Crippen LogP contribution in [-0.4, -0.2) is 32.9 Å². The lowest BCUT2D eigenvalue weighted by Gasteiger charge is -2.15. The Labute approximate surface area is 163 Å². The van der Waals surface area contributed by atoms with Crippen LogP contribution in [0.5, 0.6) is 0 Å². The number of nitrogens with one attached hydrogen (secondary N) is 1. The van der Waals surface area contributed by atoms with E-state index < -0.39 is 17.2 Å². The predicted molar refractivity (Wildman–Crippen MR) is 104 cm³/mol. The molecule has 0 saturated carbocycles. The Morgan fingerprint density at radius 2 is 1.79 bits per heavy atom. The van der Waals surface area contributed by atoms with Gasteiger partial charge in [0.25, 0.3) is 5.56 Å². The highest BCUT2D eigenvalue weighted by Gasteiger charge is 2.13. The van der Waals surface area contributed by atoms with Gasteiger partial charge in [0.05, 0.1) is 23.0 Å². The van der Waals surface area contributed by atoms with Crippen LogP contribution < -0.4 is 10.5 Å². The molecule has 7 nitrogen and oxygen atoms in total.